The van der Waals surface area contributed by atoms with Crippen LogP contribution in [0.4, 0.5) is 0 Å². The Kier molecular flexibility index (Phi) is 6.82. The van der Waals surface area contributed by atoms with Crippen LogP contribution in [0.25, 0.3) is 0 Å². The maximum atomic E-state index is 12.5. The molecule has 0 aliphatic carbocycles. The van der Waals surface area contributed by atoms with Gasteiger partial charge in [-0.1, -0.05) is 78.4 Å². The summed E-state index contributed by atoms with van der Waals surface area (Å²) in [5.74, 6) is 0.785. The molecule has 0 spiro atoms. The van der Waals surface area contributed by atoms with Gasteiger partial charge in [0.25, 0.3) is 5.91 Å². The summed E-state index contributed by atoms with van der Waals surface area (Å²) in [6.45, 7) is 2.89. The predicted octanol–water partition coefficient (Wildman–Crippen LogP) is 2.97. The van der Waals surface area contributed by atoms with Gasteiger partial charge in [0.2, 0.25) is 0 Å². The molecule has 0 unspecified atom stereocenters. The summed E-state index contributed by atoms with van der Waals surface area (Å²) in [7, 11) is 1.64. The van der Waals surface area contributed by atoms with Crippen LogP contribution in [0.2, 0.25) is 0 Å². The maximum absolute atomic E-state index is 12.5. The molecule has 0 heterocycles. The van der Waals surface area contributed by atoms with Crippen molar-refractivity contribution in [3.05, 3.63) is 101 Å². The van der Waals surface area contributed by atoms with E-state index in [0.29, 0.717) is 13.1 Å². The highest BCUT2D eigenvalue weighted by Gasteiger charge is 2.18. The number of amides is 1. The molecule has 3 N–H and O–H groups in total. The molecule has 4 nitrogen and oxygen atoms in total. The molecule has 3 aromatic carbocycles. The van der Waals surface area contributed by atoms with Gasteiger partial charge < -0.3 is 15.4 Å². The number of hydrogen-bond donors (Lipinski definition) is 2. The number of nitrogens with two attached hydrogens (primary N) is 1. The molecule has 144 valence electrons. The monoisotopic (exact) mass is 375 g/mol. The molecule has 0 saturated heterocycles. The summed E-state index contributed by atoms with van der Waals surface area (Å²) in [4.78, 5) is 12.5. The van der Waals surface area contributed by atoms with Crippen LogP contribution in [0.15, 0.2) is 78.9 Å². The lowest BCUT2D eigenvalue weighted by Crippen LogP contribution is -2.87. The molecule has 3 aromatic rings. The highest BCUT2D eigenvalue weighted by Crippen LogP contribution is 2.19. The van der Waals surface area contributed by atoms with Crippen LogP contribution in [-0.4, -0.2) is 19.6 Å². The zero-order valence-corrected chi connectivity index (χ0v) is 16.4. The molecule has 0 fully saturated rings. The van der Waals surface area contributed by atoms with Gasteiger partial charge in [0.1, 0.15) is 11.8 Å². The Hall–Kier alpha value is -3.11. The van der Waals surface area contributed by atoms with Gasteiger partial charge in [0.15, 0.2) is 6.54 Å². The van der Waals surface area contributed by atoms with Crippen molar-refractivity contribution in [2.24, 2.45) is 0 Å². The molecular weight excluding hydrogens is 348 g/mol. The molecule has 1 atom stereocenters. The van der Waals surface area contributed by atoms with E-state index >= 15 is 0 Å². The van der Waals surface area contributed by atoms with Crippen LogP contribution < -0.4 is 15.4 Å². The number of carbonyl (C=O) groups is 1. The summed E-state index contributed by atoms with van der Waals surface area (Å²) < 4.78 is 5.34. The standard InChI is InChI=1S/C24H26N2O2/c1-18-12-14-20(15-13-18)24(19-8-4-3-5-9-19)26-17-23(27)25-16-21-10-6-7-11-22(21)28-2/h3-15,24,26H,16-17H2,1-2H3,(H,25,27)/p+1/t24-/m1/s1. The molecule has 0 aliphatic heterocycles. The van der Waals surface area contributed by atoms with Crippen LogP contribution in [-0.2, 0) is 11.3 Å². The Morgan fingerprint density at radius 3 is 2.29 bits per heavy atom. The zero-order valence-electron chi connectivity index (χ0n) is 16.4. The fourth-order valence-corrected chi connectivity index (χ4v) is 3.24. The minimum absolute atomic E-state index is 0.000973. The molecule has 0 saturated carbocycles. The first-order valence-corrected chi connectivity index (χ1v) is 9.51. The van der Waals surface area contributed by atoms with Crippen molar-refractivity contribution in [2.45, 2.75) is 19.5 Å². The Labute approximate surface area is 166 Å². The van der Waals surface area contributed by atoms with Crippen LogP contribution in [0.1, 0.15) is 28.3 Å². The molecular formula is C24H27N2O2+. The van der Waals surface area contributed by atoms with Crippen molar-refractivity contribution in [1.82, 2.24) is 5.32 Å². The fraction of sp³-hybridized carbons (Fsp3) is 0.208. The van der Waals surface area contributed by atoms with Gasteiger partial charge in [-0.15, -0.1) is 0 Å². The molecule has 0 aromatic heterocycles. The average Bonchev–Trinajstić information content (AvgIpc) is 2.74. The van der Waals surface area contributed by atoms with Gasteiger partial charge in [0, 0.05) is 23.2 Å². The number of methoxy groups -OCH3 is 1. The fourth-order valence-electron chi connectivity index (χ4n) is 3.24. The first-order valence-electron chi connectivity index (χ1n) is 9.51. The second-order valence-corrected chi connectivity index (χ2v) is 6.83. The quantitative estimate of drug-likeness (QED) is 0.636. The number of benzene rings is 3. The lowest BCUT2D eigenvalue weighted by molar-refractivity contribution is -0.676. The van der Waals surface area contributed by atoms with E-state index in [1.807, 2.05) is 42.5 Å². The lowest BCUT2D eigenvalue weighted by atomic mass is 9.98. The molecule has 1 amide bonds. The summed E-state index contributed by atoms with van der Waals surface area (Å²) in [6, 6.07) is 26.6. The zero-order chi connectivity index (χ0) is 19.8. The van der Waals surface area contributed by atoms with Crippen LogP contribution >= 0.6 is 0 Å². The van der Waals surface area contributed by atoms with E-state index in [1.165, 1.54) is 16.7 Å². The summed E-state index contributed by atoms with van der Waals surface area (Å²) in [6.07, 6.45) is 0. The Morgan fingerprint density at radius 1 is 0.929 bits per heavy atom. The largest absolute Gasteiger partial charge is 0.496 e. The number of rotatable bonds is 8. The molecule has 4 heteroatoms. The highest BCUT2D eigenvalue weighted by atomic mass is 16.5. The Morgan fingerprint density at radius 2 is 1.57 bits per heavy atom. The van der Waals surface area contributed by atoms with Gasteiger partial charge in [-0.3, -0.25) is 4.79 Å². The topological polar surface area (TPSA) is 54.9 Å². The molecule has 0 bridgehead atoms. The second kappa shape index (κ2) is 9.72. The second-order valence-electron chi connectivity index (χ2n) is 6.83. The number of hydrogen-bond acceptors (Lipinski definition) is 2. The number of para-hydroxylation sites is 1. The van der Waals surface area contributed by atoms with E-state index in [1.54, 1.807) is 7.11 Å². The van der Waals surface area contributed by atoms with Gasteiger partial charge in [-0.05, 0) is 13.0 Å². The van der Waals surface area contributed by atoms with Crippen molar-refractivity contribution in [3.8, 4) is 5.75 Å². The third-order valence-corrected chi connectivity index (χ3v) is 4.80. The molecule has 0 aliphatic rings. The normalized spacial score (nSPS) is 11.6. The Balaban J connectivity index is 1.64. The summed E-state index contributed by atoms with van der Waals surface area (Å²) in [5, 5.41) is 5.07. The minimum Gasteiger partial charge on any atom is -0.496 e. The van der Waals surface area contributed by atoms with E-state index in [2.05, 4.69) is 54.0 Å². The van der Waals surface area contributed by atoms with Gasteiger partial charge in [0.05, 0.1) is 7.11 Å². The Bertz CT molecular complexity index is 892. The SMILES string of the molecule is COc1ccccc1CNC(=O)C[NH2+][C@H](c1ccccc1)c1ccc(C)cc1. The number of carbonyl (C=O) groups excluding carboxylic acids is 1. The van der Waals surface area contributed by atoms with E-state index in [-0.39, 0.29) is 11.9 Å². The summed E-state index contributed by atoms with van der Waals surface area (Å²) in [5.41, 5.74) is 4.57. The van der Waals surface area contributed by atoms with Crippen molar-refractivity contribution in [1.29, 1.82) is 0 Å². The third-order valence-electron chi connectivity index (χ3n) is 4.80. The van der Waals surface area contributed by atoms with E-state index in [9.17, 15) is 4.79 Å². The molecule has 3 rings (SSSR count). The van der Waals surface area contributed by atoms with E-state index < -0.39 is 0 Å². The smallest absolute Gasteiger partial charge is 0.275 e. The molecule has 0 radical (unpaired) electrons. The van der Waals surface area contributed by atoms with Crippen molar-refractivity contribution in [3.63, 3.8) is 0 Å². The number of quaternary nitrogens is 1. The summed E-state index contributed by atoms with van der Waals surface area (Å²) >= 11 is 0. The van der Waals surface area contributed by atoms with Crippen LogP contribution in [0, 0.1) is 6.92 Å². The van der Waals surface area contributed by atoms with Gasteiger partial charge >= 0.3 is 0 Å². The first kappa shape index (κ1) is 19.6. The number of ether oxygens (including phenoxy) is 1. The lowest BCUT2D eigenvalue weighted by Gasteiger charge is -2.17. The van der Waals surface area contributed by atoms with Crippen molar-refractivity contribution >= 4 is 5.91 Å². The highest BCUT2D eigenvalue weighted by molar-refractivity contribution is 5.76. The van der Waals surface area contributed by atoms with E-state index in [4.69, 9.17) is 4.74 Å². The number of aryl methyl sites for hydroxylation is 1. The third kappa shape index (κ3) is 5.21. The number of nitrogens with one attached hydrogen (secondary N) is 1. The van der Waals surface area contributed by atoms with Crippen molar-refractivity contribution in [2.75, 3.05) is 13.7 Å². The van der Waals surface area contributed by atoms with Crippen LogP contribution in [0.5, 0.6) is 5.75 Å². The van der Waals surface area contributed by atoms with Gasteiger partial charge in [-0.25, -0.2) is 0 Å². The predicted molar refractivity (Wildman–Crippen MR) is 111 cm³/mol. The van der Waals surface area contributed by atoms with E-state index in [0.717, 1.165) is 11.3 Å². The van der Waals surface area contributed by atoms with Crippen molar-refractivity contribution < 1.29 is 14.8 Å². The van der Waals surface area contributed by atoms with Crippen LogP contribution in [0.3, 0.4) is 0 Å². The minimum atomic E-state index is -0.000973. The van der Waals surface area contributed by atoms with Gasteiger partial charge in [-0.2, -0.15) is 0 Å². The molecule has 28 heavy (non-hydrogen) atoms. The average molecular weight is 375 g/mol. The first-order chi connectivity index (χ1) is 13.7. The maximum Gasteiger partial charge on any atom is 0.275 e.